The fourth-order valence-corrected chi connectivity index (χ4v) is 4.87. The summed E-state index contributed by atoms with van der Waals surface area (Å²) < 4.78 is 0. The van der Waals surface area contributed by atoms with Gasteiger partial charge in [-0.15, -0.1) is 0 Å². The summed E-state index contributed by atoms with van der Waals surface area (Å²) in [5.41, 5.74) is -0.744. The van der Waals surface area contributed by atoms with Crippen LogP contribution in [0.15, 0.2) is 0 Å². The Labute approximate surface area is 109 Å². The predicted octanol–water partition coefficient (Wildman–Crippen LogP) is 1.91. The van der Waals surface area contributed by atoms with Crippen LogP contribution in [0.5, 0.6) is 0 Å². The maximum atomic E-state index is 12.5. The zero-order valence-electron chi connectivity index (χ0n) is 11.0. The molecule has 0 radical (unpaired) electrons. The summed E-state index contributed by atoms with van der Waals surface area (Å²) in [6.45, 7) is -0.0331. The van der Waals surface area contributed by atoms with E-state index in [9.17, 15) is 15.0 Å². The number of hydrogen-bond acceptors (Lipinski definition) is 3. The summed E-state index contributed by atoms with van der Waals surface area (Å²) in [6, 6.07) is 0. The molecule has 3 aliphatic carbocycles. The van der Waals surface area contributed by atoms with Crippen molar-refractivity contribution in [2.24, 2.45) is 23.7 Å². The van der Waals surface area contributed by atoms with Gasteiger partial charge in [0.05, 0.1) is 12.2 Å². The van der Waals surface area contributed by atoms with E-state index in [1.807, 2.05) is 0 Å². The molecule has 3 aliphatic rings. The van der Waals surface area contributed by atoms with Gasteiger partial charge in [0.25, 0.3) is 0 Å². The van der Waals surface area contributed by atoms with Gasteiger partial charge in [-0.1, -0.05) is 19.3 Å². The van der Waals surface area contributed by atoms with E-state index in [4.69, 9.17) is 0 Å². The molecular formula is C15H24O3. The average Bonchev–Trinajstić information content (AvgIpc) is 2.36. The van der Waals surface area contributed by atoms with Crippen molar-refractivity contribution >= 4 is 5.78 Å². The second-order valence-corrected chi connectivity index (χ2v) is 6.62. The molecule has 3 heteroatoms. The van der Waals surface area contributed by atoms with Gasteiger partial charge in [-0.3, -0.25) is 4.79 Å². The first kappa shape index (κ1) is 12.6. The number of ketones is 1. The molecule has 3 fully saturated rings. The van der Waals surface area contributed by atoms with E-state index < -0.39 is 5.60 Å². The molecule has 5 atom stereocenters. The minimum atomic E-state index is -0.744. The standard InChI is InChI=1S/C15H24O3/c16-9-11-8-12-6-2-1-4-10-5-3-7-15(12,18)13(10)14(11)17/h10-13,16,18H,1-9H2/t10-,11?,12-,13+,15+/m1/s1. The van der Waals surface area contributed by atoms with Crippen LogP contribution in [-0.4, -0.2) is 28.2 Å². The number of hydrogen-bond donors (Lipinski definition) is 2. The smallest absolute Gasteiger partial charge is 0.144 e. The molecule has 102 valence electrons. The number of rotatable bonds is 1. The second-order valence-electron chi connectivity index (χ2n) is 6.62. The Bertz CT molecular complexity index is 341. The summed E-state index contributed by atoms with van der Waals surface area (Å²) in [7, 11) is 0. The minimum Gasteiger partial charge on any atom is -0.396 e. The van der Waals surface area contributed by atoms with E-state index in [2.05, 4.69) is 0 Å². The quantitative estimate of drug-likeness (QED) is 0.749. The summed E-state index contributed by atoms with van der Waals surface area (Å²) in [4.78, 5) is 12.5. The van der Waals surface area contributed by atoms with Crippen LogP contribution in [0.3, 0.4) is 0 Å². The van der Waals surface area contributed by atoms with E-state index >= 15 is 0 Å². The Kier molecular flexibility index (Phi) is 3.23. The lowest BCUT2D eigenvalue weighted by atomic mass is 9.53. The number of carbonyl (C=O) groups excluding carboxylic acids is 1. The monoisotopic (exact) mass is 252 g/mol. The molecule has 3 rings (SSSR count). The fraction of sp³-hybridized carbons (Fsp3) is 0.933. The Morgan fingerprint density at radius 3 is 2.67 bits per heavy atom. The second kappa shape index (κ2) is 4.61. The molecular weight excluding hydrogens is 228 g/mol. The van der Waals surface area contributed by atoms with Gasteiger partial charge in [-0.2, -0.15) is 0 Å². The first-order chi connectivity index (χ1) is 8.66. The number of aliphatic hydroxyl groups excluding tert-OH is 1. The topological polar surface area (TPSA) is 57.5 Å². The van der Waals surface area contributed by atoms with Gasteiger partial charge in [0.15, 0.2) is 0 Å². The van der Waals surface area contributed by atoms with Gasteiger partial charge < -0.3 is 10.2 Å². The van der Waals surface area contributed by atoms with Crippen molar-refractivity contribution in [3.05, 3.63) is 0 Å². The van der Waals surface area contributed by atoms with Crippen molar-refractivity contribution in [1.82, 2.24) is 0 Å². The molecule has 0 aromatic rings. The van der Waals surface area contributed by atoms with Crippen LogP contribution in [0, 0.1) is 23.7 Å². The molecule has 0 spiro atoms. The third-order valence-electron chi connectivity index (χ3n) is 5.74. The van der Waals surface area contributed by atoms with E-state index in [-0.39, 0.29) is 30.1 Å². The van der Waals surface area contributed by atoms with Crippen LogP contribution in [-0.2, 0) is 4.79 Å². The lowest BCUT2D eigenvalue weighted by Gasteiger charge is -2.54. The third kappa shape index (κ3) is 1.75. The van der Waals surface area contributed by atoms with Gasteiger partial charge in [0.1, 0.15) is 5.78 Å². The number of Topliss-reactive ketones (excluding diaryl/α,β-unsaturated/α-hetero) is 1. The van der Waals surface area contributed by atoms with Crippen molar-refractivity contribution in [2.45, 2.75) is 57.0 Å². The van der Waals surface area contributed by atoms with Crippen molar-refractivity contribution in [2.75, 3.05) is 6.61 Å². The van der Waals surface area contributed by atoms with Crippen LogP contribution in [0.4, 0.5) is 0 Å². The lowest BCUT2D eigenvalue weighted by molar-refractivity contribution is -0.176. The van der Waals surface area contributed by atoms with E-state index in [0.717, 1.165) is 32.1 Å². The Morgan fingerprint density at radius 1 is 1.17 bits per heavy atom. The number of carbonyl (C=O) groups is 1. The van der Waals surface area contributed by atoms with Crippen LogP contribution in [0.2, 0.25) is 0 Å². The van der Waals surface area contributed by atoms with Gasteiger partial charge in [-0.05, 0) is 43.9 Å². The van der Waals surface area contributed by atoms with Crippen molar-refractivity contribution in [1.29, 1.82) is 0 Å². The molecule has 3 nitrogen and oxygen atoms in total. The highest BCUT2D eigenvalue weighted by molar-refractivity contribution is 5.86. The van der Waals surface area contributed by atoms with E-state index in [1.165, 1.54) is 12.8 Å². The molecule has 2 N–H and O–H groups in total. The lowest BCUT2D eigenvalue weighted by Crippen LogP contribution is -2.60. The molecule has 0 amide bonds. The zero-order valence-corrected chi connectivity index (χ0v) is 11.0. The van der Waals surface area contributed by atoms with Gasteiger partial charge in [0.2, 0.25) is 0 Å². The highest BCUT2D eigenvalue weighted by Crippen LogP contribution is 2.53. The maximum absolute atomic E-state index is 12.5. The summed E-state index contributed by atoms with van der Waals surface area (Å²) in [6.07, 6.45) is 8.13. The molecule has 0 aliphatic heterocycles. The SMILES string of the molecule is O=C1C(CO)C[C@H]2CCCC[C@@H]3CCC[C@@]2(O)[C@H]13. The largest absolute Gasteiger partial charge is 0.396 e. The van der Waals surface area contributed by atoms with Crippen LogP contribution < -0.4 is 0 Å². The van der Waals surface area contributed by atoms with Gasteiger partial charge in [-0.25, -0.2) is 0 Å². The van der Waals surface area contributed by atoms with Crippen LogP contribution in [0.25, 0.3) is 0 Å². The summed E-state index contributed by atoms with van der Waals surface area (Å²) in [5.74, 6) is 0.373. The number of aliphatic hydroxyl groups is 2. The Balaban J connectivity index is 1.98. The Hall–Kier alpha value is -0.410. The molecule has 4 bridgehead atoms. The van der Waals surface area contributed by atoms with Crippen molar-refractivity contribution in [3.8, 4) is 0 Å². The zero-order chi connectivity index (χ0) is 12.8. The van der Waals surface area contributed by atoms with E-state index in [0.29, 0.717) is 12.3 Å². The Morgan fingerprint density at radius 2 is 1.89 bits per heavy atom. The molecule has 0 heterocycles. The molecule has 0 aromatic carbocycles. The highest BCUT2D eigenvalue weighted by atomic mass is 16.3. The molecule has 18 heavy (non-hydrogen) atoms. The maximum Gasteiger partial charge on any atom is 0.144 e. The van der Waals surface area contributed by atoms with Crippen molar-refractivity contribution in [3.63, 3.8) is 0 Å². The average molecular weight is 252 g/mol. The van der Waals surface area contributed by atoms with E-state index in [1.54, 1.807) is 0 Å². The summed E-state index contributed by atoms with van der Waals surface area (Å²) in [5, 5.41) is 20.5. The molecule has 3 saturated carbocycles. The van der Waals surface area contributed by atoms with Gasteiger partial charge >= 0.3 is 0 Å². The van der Waals surface area contributed by atoms with Gasteiger partial charge in [0, 0.05) is 11.8 Å². The fourth-order valence-electron chi connectivity index (χ4n) is 4.87. The van der Waals surface area contributed by atoms with Crippen molar-refractivity contribution < 1.29 is 15.0 Å². The molecule has 0 saturated heterocycles. The van der Waals surface area contributed by atoms with Crippen LogP contribution in [0.1, 0.15) is 51.4 Å². The minimum absolute atomic E-state index is 0.0331. The molecule has 0 aromatic heterocycles. The first-order valence-electron chi connectivity index (χ1n) is 7.54. The third-order valence-corrected chi connectivity index (χ3v) is 5.74. The first-order valence-corrected chi connectivity index (χ1v) is 7.54. The molecule has 1 unspecified atom stereocenters. The normalized spacial score (nSPS) is 48.4. The van der Waals surface area contributed by atoms with Crippen LogP contribution >= 0.6 is 0 Å². The predicted molar refractivity (Wildman–Crippen MR) is 67.9 cm³/mol. The summed E-state index contributed by atoms with van der Waals surface area (Å²) >= 11 is 0. The highest BCUT2D eigenvalue weighted by Gasteiger charge is 2.57.